The highest BCUT2D eigenvalue weighted by Gasteiger charge is 2.16. The summed E-state index contributed by atoms with van der Waals surface area (Å²) < 4.78 is 6.11. The molecule has 0 amide bonds. The van der Waals surface area contributed by atoms with Crippen LogP contribution in [0.15, 0.2) is 58.5 Å². The van der Waals surface area contributed by atoms with Gasteiger partial charge in [-0.2, -0.15) is 4.68 Å². The summed E-state index contributed by atoms with van der Waals surface area (Å²) in [5.41, 5.74) is 5.85. The summed E-state index contributed by atoms with van der Waals surface area (Å²) in [6.07, 6.45) is 0. The smallest absolute Gasteiger partial charge is 0.337 e. The van der Waals surface area contributed by atoms with E-state index in [1.165, 1.54) is 29.6 Å². The average Bonchev–Trinajstić information content (AvgIpc) is 2.78. The Morgan fingerprint density at radius 3 is 2.55 bits per heavy atom. The molecule has 0 aliphatic rings. The molecular weight excluding hydrogens is 462 g/mol. The quantitative estimate of drug-likeness (QED) is 0.245. The number of nitrogens with zero attached hydrogens (tertiary/aromatic N) is 4. The Hall–Kier alpha value is -3.43. The van der Waals surface area contributed by atoms with Crippen LogP contribution in [0.2, 0.25) is 5.02 Å². The van der Waals surface area contributed by atoms with Crippen molar-refractivity contribution in [3.05, 3.63) is 86.4 Å². The first-order valence-corrected chi connectivity index (χ1v) is 11.3. The number of aryl methyl sites for hydroxylation is 2. The molecule has 0 aliphatic carbocycles. The molecular formula is C23H20ClN5O3S. The first-order valence-electron chi connectivity index (χ1n) is 9.96. The number of thioether (sulfide) groups is 1. The molecule has 0 aliphatic heterocycles. The van der Waals surface area contributed by atoms with Crippen LogP contribution in [-0.2, 0) is 10.5 Å². The number of esters is 1. The second-order valence-corrected chi connectivity index (χ2v) is 8.64. The van der Waals surface area contributed by atoms with Crippen LogP contribution in [0.5, 0.6) is 0 Å². The van der Waals surface area contributed by atoms with Gasteiger partial charge in [0.2, 0.25) is 5.95 Å². The van der Waals surface area contributed by atoms with Gasteiger partial charge in [0.05, 0.1) is 23.6 Å². The van der Waals surface area contributed by atoms with E-state index in [9.17, 15) is 9.59 Å². The Balaban J connectivity index is 1.81. The van der Waals surface area contributed by atoms with Gasteiger partial charge in [0, 0.05) is 22.2 Å². The highest BCUT2D eigenvalue weighted by atomic mass is 35.5. The van der Waals surface area contributed by atoms with Gasteiger partial charge in [-0.3, -0.25) is 10.2 Å². The van der Waals surface area contributed by atoms with E-state index in [2.05, 4.69) is 20.4 Å². The van der Waals surface area contributed by atoms with E-state index in [1.54, 1.807) is 18.2 Å². The molecule has 10 heteroatoms. The molecule has 2 heterocycles. The van der Waals surface area contributed by atoms with Crippen molar-refractivity contribution in [2.24, 2.45) is 0 Å². The van der Waals surface area contributed by atoms with Gasteiger partial charge in [-0.25, -0.2) is 19.7 Å². The Morgan fingerprint density at radius 2 is 1.85 bits per heavy atom. The molecule has 2 aromatic heterocycles. The van der Waals surface area contributed by atoms with Crippen molar-refractivity contribution < 1.29 is 9.53 Å². The molecule has 0 unspecified atom stereocenters. The van der Waals surface area contributed by atoms with Crippen LogP contribution in [0.4, 0.5) is 5.95 Å². The monoisotopic (exact) mass is 481 g/mol. The molecule has 8 nitrogen and oxygen atoms in total. The summed E-state index contributed by atoms with van der Waals surface area (Å²) in [7, 11) is 1.30. The zero-order valence-corrected chi connectivity index (χ0v) is 19.7. The summed E-state index contributed by atoms with van der Waals surface area (Å²) in [5.74, 6) is 0.300. The number of hydrogen-bond acceptors (Lipinski definition) is 8. The number of anilines is 1. The molecule has 0 bridgehead atoms. The van der Waals surface area contributed by atoms with Gasteiger partial charge in [-0.15, -0.1) is 0 Å². The van der Waals surface area contributed by atoms with Crippen molar-refractivity contribution in [2.45, 2.75) is 24.8 Å². The number of methoxy groups -OCH3 is 1. The number of fused-ring (bicyclic) bond motifs is 1. The van der Waals surface area contributed by atoms with Crippen LogP contribution >= 0.6 is 23.4 Å². The Labute approximate surface area is 199 Å². The van der Waals surface area contributed by atoms with E-state index in [0.29, 0.717) is 32.4 Å². The fourth-order valence-corrected chi connectivity index (χ4v) is 4.36. The maximum atomic E-state index is 13.4. The minimum absolute atomic E-state index is 0.284. The third-order valence-electron chi connectivity index (χ3n) is 4.71. The third-order valence-corrected chi connectivity index (χ3v) is 5.96. The number of benzene rings is 2. The standard InChI is InChI=1S/C23H20ClN5O3S/c1-13-9-14(2)26-22(25-13)28-29-20(30)18-8-7-16(21(31)32-3)11-19(18)27-23(29)33-12-15-5-4-6-17(24)10-15/h4-11H,12H2,1-3H3,(H,25,26,28). The molecule has 0 radical (unpaired) electrons. The van der Waals surface area contributed by atoms with E-state index >= 15 is 0 Å². The fraction of sp³-hybridized carbons (Fsp3) is 0.174. The molecule has 0 saturated carbocycles. The number of nitrogens with one attached hydrogen (secondary N) is 1. The summed E-state index contributed by atoms with van der Waals surface area (Å²) in [6.45, 7) is 3.70. The summed E-state index contributed by atoms with van der Waals surface area (Å²) >= 11 is 7.45. The lowest BCUT2D eigenvalue weighted by molar-refractivity contribution is 0.0601. The lowest BCUT2D eigenvalue weighted by Gasteiger charge is -2.15. The molecule has 0 saturated heterocycles. The van der Waals surface area contributed by atoms with E-state index in [-0.39, 0.29) is 11.5 Å². The molecule has 0 fully saturated rings. The minimum atomic E-state index is -0.502. The van der Waals surface area contributed by atoms with Crippen LogP contribution in [0, 0.1) is 13.8 Å². The third kappa shape index (κ3) is 5.15. The topological polar surface area (TPSA) is 99.0 Å². The van der Waals surface area contributed by atoms with Crippen molar-refractivity contribution in [3.63, 3.8) is 0 Å². The first-order chi connectivity index (χ1) is 15.8. The molecule has 4 rings (SSSR count). The molecule has 0 atom stereocenters. The summed E-state index contributed by atoms with van der Waals surface area (Å²) in [6, 6.07) is 13.9. The molecule has 33 heavy (non-hydrogen) atoms. The second kappa shape index (κ2) is 9.60. The van der Waals surface area contributed by atoms with Crippen LogP contribution in [0.1, 0.15) is 27.3 Å². The van der Waals surface area contributed by atoms with E-state index in [4.69, 9.17) is 16.3 Å². The van der Waals surface area contributed by atoms with Crippen LogP contribution in [0.3, 0.4) is 0 Å². The van der Waals surface area contributed by atoms with Gasteiger partial charge < -0.3 is 4.74 Å². The number of aromatic nitrogens is 4. The highest BCUT2D eigenvalue weighted by Crippen LogP contribution is 2.24. The Morgan fingerprint density at radius 1 is 1.09 bits per heavy atom. The summed E-state index contributed by atoms with van der Waals surface area (Å²) in [4.78, 5) is 38.8. The lowest BCUT2D eigenvalue weighted by Crippen LogP contribution is -2.30. The largest absolute Gasteiger partial charge is 0.465 e. The minimum Gasteiger partial charge on any atom is -0.465 e. The van der Waals surface area contributed by atoms with Crippen LogP contribution < -0.4 is 11.0 Å². The number of rotatable bonds is 6. The van der Waals surface area contributed by atoms with Crippen LogP contribution in [-0.4, -0.2) is 32.7 Å². The van der Waals surface area contributed by atoms with Gasteiger partial charge in [0.25, 0.3) is 5.56 Å². The number of hydrogen-bond donors (Lipinski definition) is 1. The lowest BCUT2D eigenvalue weighted by atomic mass is 10.1. The van der Waals surface area contributed by atoms with Crippen molar-refractivity contribution in [3.8, 4) is 0 Å². The summed E-state index contributed by atoms with van der Waals surface area (Å²) in [5, 5.41) is 1.35. The SMILES string of the molecule is COC(=O)c1ccc2c(=O)n(Nc3nc(C)cc(C)n3)c(SCc3cccc(Cl)c3)nc2c1. The number of carbonyl (C=O) groups is 1. The highest BCUT2D eigenvalue weighted by molar-refractivity contribution is 7.98. The Bertz CT molecular complexity index is 1400. The number of carbonyl (C=O) groups excluding carboxylic acids is 1. The van der Waals surface area contributed by atoms with Gasteiger partial charge in [0.1, 0.15) is 0 Å². The Kier molecular flexibility index (Phi) is 6.62. The van der Waals surface area contributed by atoms with Crippen LogP contribution in [0.25, 0.3) is 10.9 Å². The molecule has 1 N–H and O–H groups in total. The maximum Gasteiger partial charge on any atom is 0.337 e. The van der Waals surface area contributed by atoms with E-state index < -0.39 is 5.97 Å². The van der Waals surface area contributed by atoms with Gasteiger partial charge in [0.15, 0.2) is 5.16 Å². The average molecular weight is 482 g/mol. The van der Waals surface area contributed by atoms with Gasteiger partial charge in [-0.05, 0) is 55.8 Å². The zero-order valence-electron chi connectivity index (χ0n) is 18.1. The fourth-order valence-electron chi connectivity index (χ4n) is 3.26. The van der Waals surface area contributed by atoms with Crippen molar-refractivity contribution in [1.82, 2.24) is 19.6 Å². The predicted molar refractivity (Wildman–Crippen MR) is 129 cm³/mol. The predicted octanol–water partition coefficient (Wildman–Crippen LogP) is 4.41. The molecule has 2 aromatic carbocycles. The first kappa shape index (κ1) is 22.8. The van der Waals surface area contributed by atoms with Crippen molar-refractivity contribution >= 4 is 46.2 Å². The van der Waals surface area contributed by atoms with Gasteiger partial charge >= 0.3 is 5.97 Å². The van der Waals surface area contributed by atoms with Crippen molar-refractivity contribution in [2.75, 3.05) is 12.5 Å². The van der Waals surface area contributed by atoms with Gasteiger partial charge in [-0.1, -0.05) is 35.5 Å². The maximum absolute atomic E-state index is 13.4. The normalized spacial score (nSPS) is 10.9. The second-order valence-electron chi connectivity index (χ2n) is 7.26. The van der Waals surface area contributed by atoms with E-state index in [0.717, 1.165) is 17.0 Å². The molecule has 0 spiro atoms. The van der Waals surface area contributed by atoms with E-state index in [1.807, 2.05) is 38.1 Å². The number of halogens is 1. The van der Waals surface area contributed by atoms with Crippen molar-refractivity contribution in [1.29, 1.82) is 0 Å². The number of ether oxygens (including phenoxy) is 1. The molecule has 168 valence electrons. The zero-order chi connectivity index (χ0) is 23.5. The molecule has 4 aromatic rings.